The summed E-state index contributed by atoms with van der Waals surface area (Å²) in [5.74, 6) is 0. The Kier molecular flexibility index (Phi) is 5.20. The van der Waals surface area contributed by atoms with E-state index in [9.17, 15) is 0 Å². The molecule has 0 heterocycles. The van der Waals surface area contributed by atoms with Crippen LogP contribution >= 0.6 is 0 Å². The van der Waals surface area contributed by atoms with Crippen LogP contribution in [0.15, 0.2) is 60.7 Å². The van der Waals surface area contributed by atoms with Crippen molar-refractivity contribution in [2.45, 2.75) is 6.42 Å². The smallest absolute Gasteiger partial charge is 0.0384 e. The topological polar surface area (TPSA) is 24.1 Å². The Hall–Kier alpha value is -2.06. The van der Waals surface area contributed by atoms with E-state index in [4.69, 9.17) is 0 Å². The third-order valence-corrected chi connectivity index (χ3v) is 2.84. The van der Waals surface area contributed by atoms with Crippen molar-refractivity contribution in [3.63, 3.8) is 0 Å². The lowest BCUT2D eigenvalue weighted by molar-refractivity contribution is 0.809. The van der Waals surface area contributed by atoms with Gasteiger partial charge in [0.2, 0.25) is 0 Å². The first-order chi connectivity index (χ1) is 9.38. The predicted molar refractivity (Wildman–Crippen MR) is 83.7 cm³/mol. The summed E-state index contributed by atoms with van der Waals surface area (Å²) in [4.78, 5) is 0. The van der Waals surface area contributed by atoms with E-state index in [1.807, 2.05) is 25.2 Å². The zero-order chi connectivity index (χ0) is 13.3. The maximum atomic E-state index is 3.37. The molecule has 2 N–H and O–H groups in total. The van der Waals surface area contributed by atoms with Gasteiger partial charge in [-0.1, -0.05) is 42.5 Å². The maximum absolute atomic E-state index is 3.37. The molecule has 2 heteroatoms. The van der Waals surface area contributed by atoms with E-state index in [0.717, 1.165) is 24.3 Å². The summed E-state index contributed by atoms with van der Waals surface area (Å²) in [7, 11) is 1.97. The van der Waals surface area contributed by atoms with Crippen molar-refractivity contribution >= 4 is 17.5 Å². The van der Waals surface area contributed by atoms with Crippen LogP contribution in [0, 0.1) is 0 Å². The third kappa shape index (κ3) is 4.60. The molecule has 0 unspecified atom stereocenters. The molecule has 0 saturated carbocycles. The standard InChI is InChI=1S/C17H20N2/c1-18-14-6-5-7-15-10-12-17(13-11-15)19-16-8-3-2-4-9-16/h2-5,7-13,18-19H,6,14H2,1H3. The molecule has 0 fully saturated rings. The highest BCUT2D eigenvalue weighted by atomic mass is 14.9. The molecule has 0 atom stereocenters. The minimum Gasteiger partial charge on any atom is -0.356 e. The van der Waals surface area contributed by atoms with Crippen LogP contribution in [0.1, 0.15) is 12.0 Å². The number of anilines is 2. The van der Waals surface area contributed by atoms with Crippen LogP contribution in [0.5, 0.6) is 0 Å². The molecular formula is C17H20N2. The molecule has 2 aromatic carbocycles. The fourth-order valence-corrected chi connectivity index (χ4v) is 1.81. The summed E-state index contributed by atoms with van der Waals surface area (Å²) in [6.07, 6.45) is 5.40. The minimum absolute atomic E-state index is 1.02. The lowest BCUT2D eigenvalue weighted by atomic mass is 10.1. The maximum Gasteiger partial charge on any atom is 0.0384 e. The van der Waals surface area contributed by atoms with Crippen molar-refractivity contribution in [2.75, 3.05) is 18.9 Å². The second-order valence-electron chi connectivity index (χ2n) is 4.41. The summed E-state index contributed by atoms with van der Waals surface area (Å²) in [6, 6.07) is 18.7. The van der Waals surface area contributed by atoms with Gasteiger partial charge in [0.15, 0.2) is 0 Å². The van der Waals surface area contributed by atoms with Gasteiger partial charge < -0.3 is 10.6 Å². The van der Waals surface area contributed by atoms with Crippen LogP contribution in [0.4, 0.5) is 11.4 Å². The molecule has 19 heavy (non-hydrogen) atoms. The first-order valence-corrected chi connectivity index (χ1v) is 6.62. The summed E-state index contributed by atoms with van der Waals surface area (Å²) in [6.45, 7) is 1.02. The molecule has 0 saturated heterocycles. The van der Waals surface area contributed by atoms with Gasteiger partial charge in [-0.25, -0.2) is 0 Å². The van der Waals surface area contributed by atoms with Gasteiger partial charge in [0, 0.05) is 11.4 Å². The molecule has 0 aliphatic heterocycles. The van der Waals surface area contributed by atoms with Crippen LogP contribution in [0.2, 0.25) is 0 Å². The highest BCUT2D eigenvalue weighted by Gasteiger charge is 1.93. The first kappa shape index (κ1) is 13.4. The van der Waals surface area contributed by atoms with Crippen LogP contribution in [0.25, 0.3) is 6.08 Å². The van der Waals surface area contributed by atoms with Gasteiger partial charge in [-0.15, -0.1) is 0 Å². The number of para-hydroxylation sites is 1. The number of rotatable bonds is 6. The summed E-state index contributed by atoms with van der Waals surface area (Å²) in [5, 5.41) is 6.50. The van der Waals surface area contributed by atoms with Crippen LogP contribution < -0.4 is 10.6 Å². The van der Waals surface area contributed by atoms with Crippen LogP contribution in [-0.2, 0) is 0 Å². The van der Waals surface area contributed by atoms with E-state index in [0.29, 0.717) is 0 Å². The van der Waals surface area contributed by atoms with Crippen molar-refractivity contribution in [1.29, 1.82) is 0 Å². The Morgan fingerprint density at radius 2 is 1.58 bits per heavy atom. The molecule has 0 amide bonds. The zero-order valence-corrected chi connectivity index (χ0v) is 11.3. The summed E-state index contributed by atoms with van der Waals surface area (Å²) >= 11 is 0. The van der Waals surface area contributed by atoms with Crippen molar-refractivity contribution in [3.8, 4) is 0 Å². The van der Waals surface area contributed by atoms with Gasteiger partial charge in [-0.2, -0.15) is 0 Å². The van der Waals surface area contributed by atoms with Gasteiger partial charge in [0.05, 0.1) is 0 Å². The molecular weight excluding hydrogens is 232 g/mol. The molecule has 2 aromatic rings. The van der Waals surface area contributed by atoms with E-state index in [-0.39, 0.29) is 0 Å². The number of hydrogen-bond donors (Lipinski definition) is 2. The summed E-state index contributed by atoms with van der Waals surface area (Å²) < 4.78 is 0. The van der Waals surface area contributed by atoms with E-state index in [2.05, 4.69) is 59.2 Å². The van der Waals surface area contributed by atoms with Crippen molar-refractivity contribution in [3.05, 3.63) is 66.2 Å². The number of nitrogens with one attached hydrogen (secondary N) is 2. The van der Waals surface area contributed by atoms with E-state index < -0.39 is 0 Å². The molecule has 0 aliphatic rings. The lowest BCUT2D eigenvalue weighted by Gasteiger charge is -2.06. The molecule has 0 bridgehead atoms. The van der Waals surface area contributed by atoms with E-state index in [1.165, 1.54) is 5.56 Å². The van der Waals surface area contributed by atoms with Gasteiger partial charge in [0.1, 0.15) is 0 Å². The minimum atomic E-state index is 1.02. The monoisotopic (exact) mass is 252 g/mol. The highest BCUT2D eigenvalue weighted by molar-refractivity contribution is 5.62. The first-order valence-electron chi connectivity index (χ1n) is 6.62. The zero-order valence-electron chi connectivity index (χ0n) is 11.3. The average molecular weight is 252 g/mol. The Labute approximate surface area is 115 Å². The lowest BCUT2D eigenvalue weighted by Crippen LogP contribution is -2.05. The second kappa shape index (κ2) is 7.39. The Morgan fingerprint density at radius 3 is 2.26 bits per heavy atom. The highest BCUT2D eigenvalue weighted by Crippen LogP contribution is 2.17. The summed E-state index contributed by atoms with van der Waals surface area (Å²) in [5.41, 5.74) is 3.45. The Bertz CT molecular complexity index is 501. The van der Waals surface area contributed by atoms with Gasteiger partial charge in [0.25, 0.3) is 0 Å². The fraction of sp³-hybridized carbons (Fsp3) is 0.176. The molecule has 0 radical (unpaired) electrons. The Balaban J connectivity index is 1.93. The molecule has 98 valence electrons. The fourth-order valence-electron chi connectivity index (χ4n) is 1.81. The van der Waals surface area contributed by atoms with E-state index >= 15 is 0 Å². The van der Waals surface area contributed by atoms with Crippen molar-refractivity contribution < 1.29 is 0 Å². The largest absolute Gasteiger partial charge is 0.356 e. The molecule has 0 aliphatic carbocycles. The molecule has 2 nitrogen and oxygen atoms in total. The number of hydrogen-bond acceptors (Lipinski definition) is 2. The van der Waals surface area contributed by atoms with Crippen molar-refractivity contribution in [1.82, 2.24) is 5.32 Å². The van der Waals surface area contributed by atoms with E-state index in [1.54, 1.807) is 0 Å². The molecule has 2 rings (SSSR count). The van der Waals surface area contributed by atoms with Gasteiger partial charge >= 0.3 is 0 Å². The van der Waals surface area contributed by atoms with Crippen LogP contribution in [-0.4, -0.2) is 13.6 Å². The predicted octanol–water partition coefficient (Wildman–Crippen LogP) is 4.05. The quantitative estimate of drug-likeness (QED) is 0.758. The van der Waals surface area contributed by atoms with Crippen LogP contribution in [0.3, 0.4) is 0 Å². The SMILES string of the molecule is CNCCC=Cc1ccc(Nc2ccccc2)cc1. The number of benzene rings is 2. The van der Waals surface area contributed by atoms with Crippen molar-refractivity contribution in [2.24, 2.45) is 0 Å². The normalized spacial score (nSPS) is 10.8. The van der Waals surface area contributed by atoms with Gasteiger partial charge in [-0.3, -0.25) is 0 Å². The molecule has 0 spiro atoms. The van der Waals surface area contributed by atoms with Gasteiger partial charge in [-0.05, 0) is 49.8 Å². The Morgan fingerprint density at radius 1 is 0.895 bits per heavy atom. The third-order valence-electron chi connectivity index (χ3n) is 2.84. The second-order valence-corrected chi connectivity index (χ2v) is 4.41. The molecule has 0 aromatic heterocycles. The average Bonchev–Trinajstić information content (AvgIpc) is 2.46.